The monoisotopic (exact) mass is 453 g/mol. The number of benzene rings is 3. The molecule has 0 saturated heterocycles. The van der Waals surface area contributed by atoms with Crippen molar-refractivity contribution in [2.45, 2.75) is 13.3 Å². The number of hydrogen-bond acceptors (Lipinski definition) is 6. The Balaban J connectivity index is 1.43. The van der Waals surface area contributed by atoms with Crippen LogP contribution in [0.25, 0.3) is 22.3 Å². The molecule has 0 radical (unpaired) electrons. The number of carbonyl (C=O) groups excluding carboxylic acids is 3. The summed E-state index contributed by atoms with van der Waals surface area (Å²) < 4.78 is 11.4. The number of rotatable bonds is 5. The van der Waals surface area contributed by atoms with Crippen LogP contribution in [-0.4, -0.2) is 29.2 Å². The van der Waals surface area contributed by atoms with Crippen LogP contribution >= 0.6 is 0 Å². The maximum absolute atomic E-state index is 13.2. The lowest BCUT2D eigenvalue weighted by Gasteiger charge is -2.14. The van der Waals surface area contributed by atoms with Gasteiger partial charge in [0, 0.05) is 12.1 Å². The van der Waals surface area contributed by atoms with Gasteiger partial charge in [-0.2, -0.15) is 0 Å². The molecule has 4 aromatic rings. The van der Waals surface area contributed by atoms with Gasteiger partial charge in [0.2, 0.25) is 11.2 Å². The van der Waals surface area contributed by atoms with Gasteiger partial charge in [0.1, 0.15) is 5.58 Å². The largest absolute Gasteiger partial charge is 0.452 e. The van der Waals surface area contributed by atoms with Crippen LogP contribution in [0.3, 0.4) is 0 Å². The molecule has 2 amide bonds. The van der Waals surface area contributed by atoms with Crippen LogP contribution in [0.2, 0.25) is 0 Å². The van der Waals surface area contributed by atoms with Gasteiger partial charge in [-0.1, -0.05) is 54.1 Å². The van der Waals surface area contributed by atoms with Crippen LogP contribution in [0.4, 0.5) is 0 Å². The summed E-state index contributed by atoms with van der Waals surface area (Å²) >= 11 is 0. The van der Waals surface area contributed by atoms with Crippen LogP contribution in [0.15, 0.2) is 82.0 Å². The number of fused-ring (bicyclic) bond motifs is 2. The Morgan fingerprint density at radius 1 is 0.853 bits per heavy atom. The number of carbonyl (C=O) groups is 3. The molecule has 1 aromatic heterocycles. The van der Waals surface area contributed by atoms with Crippen molar-refractivity contribution in [1.82, 2.24) is 4.90 Å². The molecule has 0 unspecified atom stereocenters. The molecule has 1 aliphatic rings. The molecule has 7 nitrogen and oxygen atoms in total. The minimum absolute atomic E-state index is 0.137. The van der Waals surface area contributed by atoms with Crippen molar-refractivity contribution >= 4 is 28.8 Å². The number of esters is 1. The van der Waals surface area contributed by atoms with Gasteiger partial charge in [-0.25, -0.2) is 0 Å². The summed E-state index contributed by atoms with van der Waals surface area (Å²) in [5.41, 5.74) is 2.10. The van der Waals surface area contributed by atoms with Crippen molar-refractivity contribution in [3.05, 3.63) is 99.7 Å². The van der Waals surface area contributed by atoms with Gasteiger partial charge in [-0.05, 0) is 31.2 Å². The fraction of sp³-hybridized carbons (Fsp3) is 0.111. The smallest absolute Gasteiger partial charge is 0.313 e. The van der Waals surface area contributed by atoms with Crippen LogP contribution < -0.4 is 10.2 Å². The fourth-order valence-corrected chi connectivity index (χ4v) is 3.92. The van der Waals surface area contributed by atoms with E-state index in [-0.39, 0.29) is 29.9 Å². The first-order valence-electron chi connectivity index (χ1n) is 10.7. The van der Waals surface area contributed by atoms with E-state index in [1.54, 1.807) is 60.7 Å². The van der Waals surface area contributed by atoms with Crippen LogP contribution in [0.1, 0.15) is 32.7 Å². The highest BCUT2D eigenvalue weighted by Crippen LogP contribution is 2.31. The molecule has 5 rings (SSSR count). The molecule has 0 fully saturated rings. The Labute approximate surface area is 194 Å². The molecule has 34 heavy (non-hydrogen) atoms. The molecule has 0 N–H and O–H groups in total. The zero-order valence-electron chi connectivity index (χ0n) is 18.2. The highest BCUT2D eigenvalue weighted by atomic mass is 16.5. The normalized spacial score (nSPS) is 12.8. The molecule has 0 spiro atoms. The lowest BCUT2D eigenvalue weighted by atomic mass is 10.1. The van der Waals surface area contributed by atoms with Gasteiger partial charge in [0.05, 0.1) is 22.9 Å². The maximum Gasteiger partial charge on any atom is 0.313 e. The van der Waals surface area contributed by atoms with Gasteiger partial charge < -0.3 is 9.15 Å². The summed E-state index contributed by atoms with van der Waals surface area (Å²) in [5, 5.41) is 0.279. The van der Waals surface area contributed by atoms with E-state index in [9.17, 15) is 19.2 Å². The van der Waals surface area contributed by atoms with Crippen molar-refractivity contribution in [1.29, 1.82) is 0 Å². The van der Waals surface area contributed by atoms with Crippen LogP contribution in [-0.2, 0) is 4.79 Å². The van der Waals surface area contributed by atoms with Crippen molar-refractivity contribution in [3.8, 4) is 17.1 Å². The lowest BCUT2D eigenvalue weighted by Crippen LogP contribution is -2.32. The average Bonchev–Trinajstić information content (AvgIpc) is 3.09. The van der Waals surface area contributed by atoms with Gasteiger partial charge in [-0.15, -0.1) is 0 Å². The third-order valence-electron chi connectivity index (χ3n) is 5.70. The molecule has 0 bridgehead atoms. The number of amides is 2. The van der Waals surface area contributed by atoms with E-state index in [0.717, 1.165) is 10.5 Å². The number of aryl methyl sites for hydroxylation is 1. The topological polar surface area (TPSA) is 93.9 Å². The summed E-state index contributed by atoms with van der Waals surface area (Å²) in [7, 11) is 0. The summed E-state index contributed by atoms with van der Waals surface area (Å²) in [6, 6.07) is 20.5. The van der Waals surface area contributed by atoms with Gasteiger partial charge in [0.15, 0.2) is 5.76 Å². The molecule has 168 valence electrons. The first kappa shape index (κ1) is 21.3. The van der Waals surface area contributed by atoms with E-state index < -0.39 is 23.2 Å². The third-order valence-corrected chi connectivity index (χ3v) is 5.70. The van der Waals surface area contributed by atoms with E-state index >= 15 is 0 Å². The highest BCUT2D eigenvalue weighted by molar-refractivity contribution is 6.21. The second-order valence-corrected chi connectivity index (χ2v) is 7.98. The molecular weight excluding hydrogens is 434 g/mol. The van der Waals surface area contributed by atoms with Crippen molar-refractivity contribution in [2.24, 2.45) is 0 Å². The van der Waals surface area contributed by atoms with Crippen LogP contribution in [0.5, 0.6) is 5.75 Å². The molecule has 0 atom stereocenters. The van der Waals surface area contributed by atoms with E-state index in [0.29, 0.717) is 22.3 Å². The predicted molar refractivity (Wildman–Crippen MR) is 125 cm³/mol. The summed E-state index contributed by atoms with van der Waals surface area (Å²) in [5.74, 6) is -1.77. The fourth-order valence-electron chi connectivity index (χ4n) is 3.92. The standard InChI is InChI=1S/C27H19NO6/c1-16-10-12-17(13-11-16)24-25(23(30)20-8-4-5-9-21(20)33-24)34-22(29)14-15-28-26(31)18-6-2-3-7-19(18)27(28)32/h2-13H,14-15H2,1H3. The van der Waals surface area contributed by atoms with Crippen LogP contribution in [0, 0.1) is 6.92 Å². The molecule has 0 aliphatic carbocycles. The first-order chi connectivity index (χ1) is 16.4. The number of nitrogens with zero attached hydrogens (tertiary/aromatic N) is 1. The minimum atomic E-state index is -0.757. The molecular formula is C27H19NO6. The molecule has 0 saturated carbocycles. The molecule has 1 aliphatic heterocycles. The molecule has 3 aromatic carbocycles. The van der Waals surface area contributed by atoms with Gasteiger partial charge >= 0.3 is 5.97 Å². The SMILES string of the molecule is Cc1ccc(-c2oc3ccccc3c(=O)c2OC(=O)CCN2C(=O)c3ccccc3C2=O)cc1. The Morgan fingerprint density at radius 3 is 2.15 bits per heavy atom. The van der Waals surface area contributed by atoms with Crippen molar-refractivity contribution in [2.75, 3.05) is 6.54 Å². The Kier molecular flexibility index (Phi) is 5.30. The molecule has 7 heteroatoms. The summed E-state index contributed by atoms with van der Waals surface area (Å²) in [6.45, 7) is 1.77. The Bertz CT molecular complexity index is 1480. The third kappa shape index (κ3) is 3.67. The van der Waals surface area contributed by atoms with E-state index in [1.165, 1.54) is 0 Å². The van der Waals surface area contributed by atoms with Gasteiger partial charge in [-0.3, -0.25) is 24.1 Å². The zero-order chi connectivity index (χ0) is 23.8. The number of hydrogen-bond donors (Lipinski definition) is 0. The summed E-state index contributed by atoms with van der Waals surface area (Å²) in [6.07, 6.45) is -0.273. The second kappa shape index (κ2) is 8.44. The predicted octanol–water partition coefficient (Wildman–Crippen LogP) is 4.36. The van der Waals surface area contributed by atoms with Gasteiger partial charge in [0.25, 0.3) is 11.8 Å². The maximum atomic E-state index is 13.2. The lowest BCUT2D eigenvalue weighted by molar-refractivity contribution is -0.134. The highest BCUT2D eigenvalue weighted by Gasteiger charge is 2.35. The number of para-hydroxylation sites is 1. The Morgan fingerprint density at radius 2 is 1.47 bits per heavy atom. The van der Waals surface area contributed by atoms with Crippen molar-refractivity contribution < 1.29 is 23.5 Å². The van der Waals surface area contributed by atoms with E-state index in [4.69, 9.17) is 9.15 Å². The van der Waals surface area contributed by atoms with E-state index in [1.807, 2.05) is 19.1 Å². The first-order valence-corrected chi connectivity index (χ1v) is 10.7. The number of ether oxygens (including phenoxy) is 1. The zero-order valence-corrected chi connectivity index (χ0v) is 18.2. The molecule has 2 heterocycles. The Hall–Kier alpha value is -4.52. The van der Waals surface area contributed by atoms with E-state index in [2.05, 4.69) is 0 Å². The number of imide groups is 1. The average molecular weight is 453 g/mol. The van der Waals surface area contributed by atoms with Crippen molar-refractivity contribution in [3.63, 3.8) is 0 Å². The second-order valence-electron chi connectivity index (χ2n) is 7.98. The quantitative estimate of drug-likeness (QED) is 0.329. The summed E-state index contributed by atoms with van der Waals surface area (Å²) in [4.78, 5) is 52.0. The minimum Gasteiger partial charge on any atom is -0.452 e.